The molecule has 0 aliphatic carbocycles. The normalized spacial score (nSPS) is 18.6. The van der Waals surface area contributed by atoms with E-state index in [0.29, 0.717) is 24.4 Å². The molecule has 0 amide bonds. The summed E-state index contributed by atoms with van der Waals surface area (Å²) in [5.41, 5.74) is -0.353. The molecule has 1 aromatic carbocycles. The third-order valence-corrected chi connectivity index (χ3v) is 3.66. The number of aryl methyl sites for hydroxylation is 1. The van der Waals surface area contributed by atoms with E-state index >= 15 is 0 Å². The lowest BCUT2D eigenvalue weighted by molar-refractivity contribution is -0.137. The van der Waals surface area contributed by atoms with E-state index in [1.807, 2.05) is 0 Å². The van der Waals surface area contributed by atoms with Gasteiger partial charge in [0.25, 0.3) is 0 Å². The lowest BCUT2D eigenvalue weighted by Gasteiger charge is -2.19. The van der Waals surface area contributed by atoms with E-state index in [2.05, 4.69) is 10.1 Å². The average Bonchev–Trinajstić information content (AvgIpc) is 2.89. The molecule has 0 bridgehead atoms. The molecule has 2 heterocycles. The summed E-state index contributed by atoms with van der Waals surface area (Å²) in [6.07, 6.45) is -2.88. The molecule has 1 N–H and O–H groups in total. The molecule has 4 nitrogen and oxygen atoms in total. The van der Waals surface area contributed by atoms with Crippen LogP contribution in [0.5, 0.6) is 0 Å². The van der Waals surface area contributed by atoms with E-state index in [-0.39, 0.29) is 12.5 Å². The minimum atomic E-state index is -4.38. The smallest absolute Gasteiger partial charge is 0.396 e. The van der Waals surface area contributed by atoms with Gasteiger partial charge in [-0.25, -0.2) is 9.67 Å². The van der Waals surface area contributed by atoms with E-state index in [4.69, 9.17) is 0 Å². The Bertz CT molecular complexity index is 651. The van der Waals surface area contributed by atoms with Crippen molar-refractivity contribution < 1.29 is 18.3 Å². The second-order valence-corrected chi connectivity index (χ2v) is 5.20. The first-order valence-electron chi connectivity index (χ1n) is 6.69. The maximum absolute atomic E-state index is 12.7. The van der Waals surface area contributed by atoms with Crippen molar-refractivity contribution in [3.63, 3.8) is 0 Å². The summed E-state index contributed by atoms with van der Waals surface area (Å²) in [5, 5.41) is 13.4. The zero-order valence-corrected chi connectivity index (χ0v) is 11.1. The number of aliphatic hydroxyl groups is 1. The Hall–Kier alpha value is -1.89. The fraction of sp³-hybridized carbons (Fsp3) is 0.429. The molecule has 2 aromatic rings. The zero-order valence-electron chi connectivity index (χ0n) is 11.1. The molecule has 1 aliphatic heterocycles. The molecule has 0 saturated heterocycles. The van der Waals surface area contributed by atoms with E-state index in [0.717, 1.165) is 24.4 Å². The minimum absolute atomic E-state index is 0.0815. The van der Waals surface area contributed by atoms with Crippen molar-refractivity contribution in [3.05, 3.63) is 35.7 Å². The fourth-order valence-corrected chi connectivity index (χ4v) is 2.48. The topological polar surface area (TPSA) is 50.9 Å². The Labute approximate surface area is 119 Å². The van der Waals surface area contributed by atoms with Crippen LogP contribution in [0.2, 0.25) is 0 Å². The highest BCUT2D eigenvalue weighted by atomic mass is 19.4. The van der Waals surface area contributed by atoms with Crippen LogP contribution in [0, 0.1) is 5.92 Å². The van der Waals surface area contributed by atoms with Crippen LogP contribution < -0.4 is 0 Å². The Morgan fingerprint density at radius 1 is 1.33 bits per heavy atom. The average molecular weight is 297 g/mol. The van der Waals surface area contributed by atoms with E-state index < -0.39 is 11.7 Å². The standard InChI is InChI=1S/C14H14F3N3O/c15-14(16,17)11-3-1-2-10(6-11)13-18-12-5-4-9(8-21)7-20(12)19-13/h1-3,6,9,21H,4-5,7-8H2. The zero-order chi connectivity index (χ0) is 15.0. The summed E-state index contributed by atoms with van der Waals surface area (Å²) in [6, 6.07) is 5.01. The molecule has 1 atom stereocenters. The minimum Gasteiger partial charge on any atom is -0.396 e. The van der Waals surface area contributed by atoms with Gasteiger partial charge in [-0.2, -0.15) is 18.3 Å². The van der Waals surface area contributed by atoms with Gasteiger partial charge in [-0.05, 0) is 18.6 Å². The number of aliphatic hydroxyl groups excluding tert-OH is 1. The first-order chi connectivity index (χ1) is 9.97. The molecule has 1 aliphatic rings. The Balaban J connectivity index is 1.94. The van der Waals surface area contributed by atoms with Crippen molar-refractivity contribution in [3.8, 4) is 11.4 Å². The molecule has 0 spiro atoms. The third kappa shape index (κ3) is 2.78. The molecule has 1 aromatic heterocycles. The van der Waals surface area contributed by atoms with Crippen LogP contribution >= 0.6 is 0 Å². The number of benzene rings is 1. The number of hydrogen-bond acceptors (Lipinski definition) is 3. The second kappa shape index (κ2) is 5.14. The molecule has 1 unspecified atom stereocenters. The van der Waals surface area contributed by atoms with Gasteiger partial charge >= 0.3 is 6.18 Å². The summed E-state index contributed by atoms with van der Waals surface area (Å²) >= 11 is 0. The monoisotopic (exact) mass is 297 g/mol. The molecule has 0 fully saturated rings. The van der Waals surface area contributed by atoms with Gasteiger partial charge in [-0.3, -0.25) is 0 Å². The van der Waals surface area contributed by atoms with Crippen LogP contribution in [0.1, 0.15) is 17.8 Å². The number of alkyl halides is 3. The van der Waals surface area contributed by atoms with E-state index in [1.54, 1.807) is 10.7 Å². The van der Waals surface area contributed by atoms with Crippen LogP contribution in [0.3, 0.4) is 0 Å². The lowest BCUT2D eigenvalue weighted by atomic mass is 10.0. The predicted octanol–water partition coefficient (Wildman–Crippen LogP) is 2.52. The van der Waals surface area contributed by atoms with Gasteiger partial charge < -0.3 is 5.11 Å². The van der Waals surface area contributed by atoms with Gasteiger partial charge in [-0.1, -0.05) is 12.1 Å². The van der Waals surface area contributed by atoms with Gasteiger partial charge in [0.05, 0.1) is 5.56 Å². The molecular formula is C14H14F3N3O. The summed E-state index contributed by atoms with van der Waals surface area (Å²) in [7, 11) is 0. The molecule has 7 heteroatoms. The van der Waals surface area contributed by atoms with Crippen LogP contribution in [-0.2, 0) is 19.1 Å². The van der Waals surface area contributed by atoms with Crippen LogP contribution in [-0.4, -0.2) is 26.5 Å². The van der Waals surface area contributed by atoms with Gasteiger partial charge in [0.2, 0.25) is 0 Å². The molecule has 0 saturated carbocycles. The number of fused-ring (bicyclic) bond motifs is 1. The predicted molar refractivity (Wildman–Crippen MR) is 69.4 cm³/mol. The first kappa shape index (κ1) is 14.1. The maximum Gasteiger partial charge on any atom is 0.416 e. The first-order valence-corrected chi connectivity index (χ1v) is 6.69. The van der Waals surface area contributed by atoms with Crippen molar-refractivity contribution in [1.82, 2.24) is 14.8 Å². The molecule has 112 valence electrons. The molecule has 3 rings (SSSR count). The Morgan fingerprint density at radius 2 is 2.14 bits per heavy atom. The molecule has 0 radical (unpaired) electrons. The van der Waals surface area contributed by atoms with Crippen molar-refractivity contribution >= 4 is 0 Å². The largest absolute Gasteiger partial charge is 0.416 e. The van der Waals surface area contributed by atoms with Crippen LogP contribution in [0.15, 0.2) is 24.3 Å². The van der Waals surface area contributed by atoms with Crippen molar-refractivity contribution in [2.75, 3.05) is 6.61 Å². The number of rotatable bonds is 2. The number of hydrogen-bond donors (Lipinski definition) is 1. The SMILES string of the molecule is OCC1CCc2nc(-c3cccc(C(F)(F)F)c3)nn2C1. The number of aromatic nitrogens is 3. The highest BCUT2D eigenvalue weighted by molar-refractivity contribution is 5.56. The van der Waals surface area contributed by atoms with Crippen molar-refractivity contribution in [1.29, 1.82) is 0 Å². The number of halogens is 3. The Kier molecular flexibility index (Phi) is 3.44. The summed E-state index contributed by atoms with van der Waals surface area (Å²) in [4.78, 5) is 4.32. The Morgan fingerprint density at radius 3 is 2.86 bits per heavy atom. The maximum atomic E-state index is 12.7. The van der Waals surface area contributed by atoms with Crippen molar-refractivity contribution in [2.24, 2.45) is 5.92 Å². The summed E-state index contributed by atoms with van der Waals surface area (Å²) in [5.74, 6) is 1.19. The van der Waals surface area contributed by atoms with Crippen LogP contribution in [0.25, 0.3) is 11.4 Å². The van der Waals surface area contributed by atoms with Crippen molar-refractivity contribution in [2.45, 2.75) is 25.6 Å². The lowest BCUT2D eigenvalue weighted by Crippen LogP contribution is -2.23. The van der Waals surface area contributed by atoms with E-state index in [9.17, 15) is 18.3 Å². The summed E-state index contributed by atoms with van der Waals surface area (Å²) in [6.45, 7) is 0.635. The quantitative estimate of drug-likeness (QED) is 0.926. The third-order valence-electron chi connectivity index (χ3n) is 3.66. The highest BCUT2D eigenvalue weighted by Crippen LogP contribution is 2.31. The highest BCUT2D eigenvalue weighted by Gasteiger charge is 2.31. The van der Waals surface area contributed by atoms with Gasteiger partial charge in [-0.15, -0.1) is 0 Å². The second-order valence-electron chi connectivity index (χ2n) is 5.20. The van der Waals surface area contributed by atoms with E-state index in [1.165, 1.54) is 6.07 Å². The van der Waals surface area contributed by atoms with Gasteiger partial charge in [0.1, 0.15) is 5.82 Å². The van der Waals surface area contributed by atoms with Gasteiger partial charge in [0, 0.05) is 31.1 Å². The van der Waals surface area contributed by atoms with Gasteiger partial charge in [0.15, 0.2) is 5.82 Å². The molecular weight excluding hydrogens is 283 g/mol. The molecule has 21 heavy (non-hydrogen) atoms. The van der Waals surface area contributed by atoms with Crippen LogP contribution in [0.4, 0.5) is 13.2 Å². The summed E-state index contributed by atoms with van der Waals surface area (Å²) < 4.78 is 39.9. The number of nitrogens with zero attached hydrogens (tertiary/aromatic N) is 3. The fourth-order valence-electron chi connectivity index (χ4n) is 2.48.